The van der Waals surface area contributed by atoms with Gasteiger partial charge in [-0.25, -0.2) is 29.7 Å². The zero-order chi connectivity index (χ0) is 51.2. The molecule has 0 radical (unpaired) electrons. The first-order valence-electron chi connectivity index (χ1n) is 22.6. The van der Waals surface area contributed by atoms with Gasteiger partial charge in [-0.15, -0.1) is 0 Å². The Morgan fingerprint density at radius 1 is 0.440 bits per heavy atom. The molecule has 0 spiro atoms. The van der Waals surface area contributed by atoms with E-state index in [2.05, 4.69) is 105 Å². The number of benzene rings is 6. The summed E-state index contributed by atoms with van der Waals surface area (Å²) in [6.45, 7) is 0. The van der Waals surface area contributed by atoms with Crippen LogP contribution >= 0.6 is 42.9 Å². The van der Waals surface area contributed by atoms with Crippen LogP contribution in [0.25, 0.3) is 54.6 Å². The van der Waals surface area contributed by atoms with E-state index in [9.17, 15) is 9.90 Å². The topological polar surface area (TPSA) is 158 Å². The second kappa shape index (κ2) is 25.7. The summed E-state index contributed by atoms with van der Waals surface area (Å²) in [7, 11) is 0. The number of carboxylic acid groups (broad SMARTS) is 1. The normalized spacial score (nSPS) is 10.4. The maximum atomic E-state index is 10.1. The standard InChI is InChI=1S/C26H17N3O2.C15H10N2O.C11H8INO.C6H5NO2.CH4.Cu.HI/c1-2-9-24-22(8-1)21-12-11-20(17-23(21)26-28-14-15-29(24)26)30-18-6-5-7-19(16-18)31-25-10-3-4-13-27-25;18-10-5-6-11-12-3-1-2-4-14(12)17-8-7-16-15(17)13(11)9-10;12-9-4-3-5-10(8-9)14-11-6-1-2-7-13-11;8-6(9)5-3-1-2-4-7-5;;;/h1-17H;1-9,18H;1-8H;1-4H,(H,8,9);1H4;;1H/q;;;;;+1;/p-1. The molecule has 0 aliphatic rings. The molecule has 0 atom stereocenters. The number of carbonyl (C=O) groups is 1. The van der Waals surface area contributed by atoms with Crippen molar-refractivity contribution in [2.75, 3.05) is 0 Å². The number of fused-ring (bicyclic) bond motifs is 12. The van der Waals surface area contributed by atoms with Gasteiger partial charge >= 0.3 is 39.1 Å². The van der Waals surface area contributed by atoms with Crippen molar-refractivity contribution in [3.63, 3.8) is 0 Å². The van der Waals surface area contributed by atoms with Gasteiger partial charge in [0.25, 0.3) is 0 Å². The molecule has 13 nitrogen and oxygen atoms in total. The van der Waals surface area contributed by atoms with Crippen LogP contribution < -0.4 is 14.2 Å². The maximum Gasteiger partial charge on any atom is 0.219 e. The molecule has 376 valence electrons. The zero-order valence-corrected chi connectivity index (χ0v) is 43.9. The predicted molar refractivity (Wildman–Crippen MR) is 308 cm³/mol. The van der Waals surface area contributed by atoms with Crippen molar-refractivity contribution in [2.24, 2.45) is 0 Å². The molecule has 7 heterocycles. The van der Waals surface area contributed by atoms with Crippen molar-refractivity contribution in [3.8, 4) is 40.5 Å². The minimum absolute atomic E-state index is 0. The first kappa shape index (κ1) is 53.1. The fourth-order valence-electron chi connectivity index (χ4n) is 7.99. The van der Waals surface area contributed by atoms with Crippen molar-refractivity contribution in [1.82, 2.24) is 33.7 Å². The van der Waals surface area contributed by atoms with Crippen molar-refractivity contribution < 1.29 is 42.0 Å². The Kier molecular flexibility index (Phi) is 18.2. The van der Waals surface area contributed by atoms with Crippen molar-refractivity contribution in [1.29, 1.82) is 0 Å². The number of pyridine rings is 5. The van der Waals surface area contributed by atoms with E-state index in [1.807, 2.05) is 140 Å². The summed E-state index contributed by atoms with van der Waals surface area (Å²) in [5.74, 6) is 3.34. The molecule has 0 bridgehead atoms. The Morgan fingerprint density at radius 2 is 0.920 bits per heavy atom. The number of phenolic OH excluding ortho intramolecular Hbond substituents is 1. The summed E-state index contributed by atoms with van der Waals surface area (Å²) in [5.41, 5.74) is 4.13. The van der Waals surface area contributed by atoms with Gasteiger partial charge in [-0.05, 0) is 136 Å². The van der Waals surface area contributed by atoms with Crippen molar-refractivity contribution in [3.05, 3.63) is 241 Å². The average molecular weight is 1260 g/mol. The van der Waals surface area contributed by atoms with Gasteiger partial charge in [0.2, 0.25) is 11.8 Å². The Morgan fingerprint density at radius 3 is 1.44 bits per heavy atom. The fraction of sp³-hybridized carbons (Fsp3) is 0.0169. The van der Waals surface area contributed by atoms with Gasteiger partial charge in [0.1, 0.15) is 45.7 Å². The van der Waals surface area contributed by atoms with E-state index in [-0.39, 0.29) is 18.9 Å². The predicted octanol–water partition coefficient (Wildman–Crippen LogP) is 15.7. The zero-order valence-electron chi connectivity index (χ0n) is 38.7. The number of rotatable bonds is 7. The SMILES string of the molecule is C.Ic1cccc(Oc2ccccn2)c1.O=C(O)c1ccccn1.Oc1ccc2c3ccccc3n3ccnc3c2c1.[Cu][I].c1ccc(Oc2cccc(Oc3ccc4c5ccccc5n5ccnc5c4c3)c2)nc1. The number of aromatic carboxylic acids is 1. The summed E-state index contributed by atoms with van der Waals surface area (Å²) in [6, 6.07) is 59.4. The molecule has 13 rings (SSSR count). The number of carboxylic acids is 1. The van der Waals surface area contributed by atoms with E-state index in [4.69, 9.17) is 19.3 Å². The molecule has 0 saturated heterocycles. The van der Waals surface area contributed by atoms with Crippen LogP contribution in [0.15, 0.2) is 231 Å². The van der Waals surface area contributed by atoms with Crippen LogP contribution in [0.1, 0.15) is 17.9 Å². The van der Waals surface area contributed by atoms with Gasteiger partial charge in [-0.1, -0.05) is 74.2 Å². The summed E-state index contributed by atoms with van der Waals surface area (Å²) in [5, 5.41) is 24.6. The third-order valence-corrected chi connectivity index (χ3v) is 11.8. The minimum atomic E-state index is -0.990. The van der Waals surface area contributed by atoms with E-state index >= 15 is 0 Å². The summed E-state index contributed by atoms with van der Waals surface area (Å²) >= 11 is 8.12. The smallest absolute Gasteiger partial charge is 0.219 e. The van der Waals surface area contributed by atoms with Crippen molar-refractivity contribution in [2.45, 2.75) is 7.43 Å². The molecule has 2 N–H and O–H groups in total. The second-order valence-electron chi connectivity index (χ2n) is 15.8. The van der Waals surface area contributed by atoms with Gasteiger partial charge in [0.15, 0.2) is 0 Å². The Labute approximate surface area is 464 Å². The molecule has 75 heavy (non-hydrogen) atoms. The van der Waals surface area contributed by atoms with Gasteiger partial charge < -0.3 is 24.4 Å². The molecule has 16 heteroatoms. The first-order chi connectivity index (χ1) is 36.3. The summed E-state index contributed by atoms with van der Waals surface area (Å²) < 4.78 is 22.8. The minimum Gasteiger partial charge on any atom is -0.457 e. The molecule has 0 saturated carbocycles. The van der Waals surface area contributed by atoms with Crippen LogP contribution in [0.3, 0.4) is 0 Å². The molecule has 13 aromatic rings. The molecule has 0 fully saturated rings. The molecule has 0 unspecified atom stereocenters. The number of phenols is 1. The molecule has 6 aromatic carbocycles. The van der Waals surface area contributed by atoms with Crippen LogP contribution in [0, 0.1) is 3.57 Å². The summed E-state index contributed by atoms with van der Waals surface area (Å²) in [6.07, 6.45) is 12.4. The number of hydrogen-bond donors (Lipinski definition) is 2. The molecule has 7 aromatic heterocycles. The summed E-state index contributed by atoms with van der Waals surface area (Å²) in [4.78, 5) is 31.0. The molecular weight excluding hydrogens is 1220 g/mol. The second-order valence-corrected chi connectivity index (χ2v) is 17.1. The first-order valence-corrected chi connectivity index (χ1v) is 26.7. The van der Waals surface area contributed by atoms with Gasteiger partial charge in [0, 0.05) is 86.7 Å². The van der Waals surface area contributed by atoms with Gasteiger partial charge in [-0.3, -0.25) is 8.80 Å². The third kappa shape index (κ3) is 13.0. The molecule has 0 aliphatic heterocycles. The Hall–Kier alpha value is -8.16. The average Bonchev–Trinajstić information content (AvgIpc) is 4.18. The van der Waals surface area contributed by atoms with Gasteiger partial charge in [0.05, 0.1) is 11.0 Å². The van der Waals surface area contributed by atoms with Crippen LogP contribution in [0.5, 0.6) is 40.5 Å². The van der Waals surface area contributed by atoms with E-state index in [1.54, 1.807) is 63.2 Å². The number of nitrogens with zero attached hydrogens (tertiary/aromatic N) is 7. The van der Waals surface area contributed by atoms with Crippen LogP contribution in [0.2, 0.25) is 0 Å². The van der Waals surface area contributed by atoms with E-state index < -0.39 is 5.97 Å². The van der Waals surface area contributed by atoms with Crippen molar-refractivity contribution >= 4 is 104 Å². The largest absolute Gasteiger partial charge is 0.457 e. The van der Waals surface area contributed by atoms with E-state index in [1.165, 1.54) is 17.6 Å². The number of ether oxygens (including phenoxy) is 3. The molecule has 0 amide bonds. The quantitative estimate of drug-likeness (QED) is 0.0889. The Balaban J connectivity index is 0.000000144. The van der Waals surface area contributed by atoms with Crippen LogP contribution in [0.4, 0.5) is 0 Å². The fourth-order valence-corrected chi connectivity index (χ4v) is 8.50. The van der Waals surface area contributed by atoms with E-state index in [0.717, 1.165) is 64.3 Å². The maximum absolute atomic E-state index is 10.1. The monoisotopic (exact) mass is 1260 g/mol. The number of imidazole rings is 2. The molecular formula is C59H44CuI2N7O6. The van der Waals surface area contributed by atoms with Gasteiger partial charge in [-0.2, -0.15) is 0 Å². The number of aromatic hydroxyl groups is 1. The van der Waals surface area contributed by atoms with Crippen LogP contribution in [-0.4, -0.2) is 49.9 Å². The molecule has 0 aliphatic carbocycles. The number of hydrogen-bond acceptors (Lipinski definition) is 10. The number of para-hydroxylation sites is 2. The Bertz CT molecular complexity index is 4000. The number of aromatic nitrogens is 7. The van der Waals surface area contributed by atoms with E-state index in [0.29, 0.717) is 23.3 Å². The number of halogens is 2. The van der Waals surface area contributed by atoms with Crippen LogP contribution in [-0.2, 0) is 12.8 Å². The third-order valence-electron chi connectivity index (χ3n) is 11.1.